The van der Waals surface area contributed by atoms with E-state index in [-0.39, 0.29) is 5.54 Å². The molecule has 1 fully saturated rings. The Balaban J connectivity index is 2.59. The first kappa shape index (κ1) is 9.50. The van der Waals surface area contributed by atoms with Crippen LogP contribution in [0.25, 0.3) is 0 Å². The lowest BCUT2D eigenvalue weighted by Crippen LogP contribution is -2.50. The lowest BCUT2D eigenvalue weighted by Gasteiger charge is -2.37. The number of nitriles is 1. The second-order valence-corrected chi connectivity index (χ2v) is 3.34. The summed E-state index contributed by atoms with van der Waals surface area (Å²) in [4.78, 5) is 2.20. The molecule has 1 heterocycles. The molecule has 0 aliphatic carbocycles. The molecule has 1 aliphatic rings. The molecule has 1 aliphatic heterocycles. The highest BCUT2D eigenvalue weighted by atomic mass is 16.5. The van der Waals surface area contributed by atoms with Crippen molar-refractivity contribution in [3.8, 4) is 6.07 Å². The van der Waals surface area contributed by atoms with Gasteiger partial charge in [-0.2, -0.15) is 5.26 Å². The SMILES string of the molecule is CC[C@@](C)(C#N)N1CCOCC1. The molecule has 0 aromatic rings. The van der Waals surface area contributed by atoms with Gasteiger partial charge in [0.2, 0.25) is 0 Å². The third-order valence-electron chi connectivity index (χ3n) is 2.64. The lowest BCUT2D eigenvalue weighted by molar-refractivity contribution is 0.000790. The maximum atomic E-state index is 9.01. The Morgan fingerprint density at radius 1 is 1.50 bits per heavy atom. The summed E-state index contributed by atoms with van der Waals surface area (Å²) in [7, 11) is 0. The Morgan fingerprint density at radius 3 is 2.50 bits per heavy atom. The molecular formula is C9H16N2O. The van der Waals surface area contributed by atoms with Crippen molar-refractivity contribution in [1.29, 1.82) is 5.26 Å². The Kier molecular flexibility index (Phi) is 3.07. The quantitative estimate of drug-likeness (QED) is 0.617. The van der Waals surface area contributed by atoms with Gasteiger partial charge in [-0.05, 0) is 13.3 Å². The average molecular weight is 168 g/mol. The molecule has 12 heavy (non-hydrogen) atoms. The normalized spacial score (nSPS) is 24.4. The zero-order valence-electron chi connectivity index (χ0n) is 7.84. The summed E-state index contributed by atoms with van der Waals surface area (Å²) in [5, 5.41) is 9.01. The van der Waals surface area contributed by atoms with Crippen LogP contribution in [0.1, 0.15) is 20.3 Å². The molecule has 1 saturated heterocycles. The molecule has 3 heteroatoms. The molecule has 0 N–H and O–H groups in total. The van der Waals surface area contributed by atoms with E-state index in [0.717, 1.165) is 32.7 Å². The van der Waals surface area contributed by atoms with Crippen LogP contribution in [-0.2, 0) is 4.74 Å². The van der Waals surface area contributed by atoms with Crippen molar-refractivity contribution in [2.24, 2.45) is 0 Å². The predicted molar refractivity (Wildman–Crippen MR) is 46.7 cm³/mol. The largest absolute Gasteiger partial charge is 0.379 e. The number of morpholine rings is 1. The van der Waals surface area contributed by atoms with Crippen molar-refractivity contribution in [2.45, 2.75) is 25.8 Å². The molecule has 3 nitrogen and oxygen atoms in total. The minimum Gasteiger partial charge on any atom is -0.379 e. The topological polar surface area (TPSA) is 36.3 Å². The van der Waals surface area contributed by atoms with Gasteiger partial charge in [-0.25, -0.2) is 0 Å². The summed E-state index contributed by atoms with van der Waals surface area (Å²) in [6.07, 6.45) is 0.878. The van der Waals surface area contributed by atoms with E-state index >= 15 is 0 Å². The summed E-state index contributed by atoms with van der Waals surface area (Å²) >= 11 is 0. The van der Waals surface area contributed by atoms with Crippen LogP contribution in [-0.4, -0.2) is 36.7 Å². The van der Waals surface area contributed by atoms with Gasteiger partial charge < -0.3 is 4.74 Å². The van der Waals surface area contributed by atoms with E-state index in [9.17, 15) is 0 Å². The Labute approximate surface area is 73.9 Å². The second kappa shape index (κ2) is 3.88. The molecule has 0 bridgehead atoms. The summed E-state index contributed by atoms with van der Waals surface area (Å²) < 4.78 is 5.23. The van der Waals surface area contributed by atoms with Crippen molar-refractivity contribution < 1.29 is 4.74 Å². The van der Waals surface area contributed by atoms with Gasteiger partial charge in [0.15, 0.2) is 0 Å². The fourth-order valence-electron chi connectivity index (χ4n) is 1.43. The predicted octanol–water partition coefficient (Wildman–Crippen LogP) is 1.01. The van der Waals surface area contributed by atoms with Gasteiger partial charge in [-0.3, -0.25) is 4.90 Å². The number of hydrogen-bond acceptors (Lipinski definition) is 3. The summed E-state index contributed by atoms with van der Waals surface area (Å²) in [6.45, 7) is 7.35. The molecule has 0 spiro atoms. The number of rotatable bonds is 2. The smallest absolute Gasteiger partial charge is 0.106 e. The fraction of sp³-hybridized carbons (Fsp3) is 0.889. The van der Waals surface area contributed by atoms with Crippen molar-refractivity contribution in [3.05, 3.63) is 0 Å². The molecule has 0 unspecified atom stereocenters. The zero-order chi connectivity index (χ0) is 9.03. The van der Waals surface area contributed by atoms with Gasteiger partial charge in [0.05, 0.1) is 19.3 Å². The van der Waals surface area contributed by atoms with Crippen LogP contribution in [0.3, 0.4) is 0 Å². The summed E-state index contributed by atoms with van der Waals surface area (Å²) in [5.74, 6) is 0. The maximum absolute atomic E-state index is 9.01. The van der Waals surface area contributed by atoms with E-state index in [1.807, 2.05) is 6.92 Å². The Bertz CT molecular complexity index is 181. The highest BCUT2D eigenvalue weighted by Crippen LogP contribution is 2.19. The van der Waals surface area contributed by atoms with Gasteiger partial charge in [0.1, 0.15) is 5.54 Å². The molecular weight excluding hydrogens is 152 g/mol. The Hall–Kier alpha value is -0.590. The molecule has 0 amide bonds. The standard InChI is InChI=1S/C9H16N2O/c1-3-9(2,8-10)11-4-6-12-7-5-11/h3-7H2,1-2H3/t9-/m0/s1. The highest BCUT2D eigenvalue weighted by molar-refractivity contribution is 5.04. The molecule has 0 saturated carbocycles. The maximum Gasteiger partial charge on any atom is 0.106 e. The van der Waals surface area contributed by atoms with E-state index in [0.29, 0.717) is 0 Å². The molecule has 0 aromatic heterocycles. The van der Waals surface area contributed by atoms with Crippen molar-refractivity contribution in [3.63, 3.8) is 0 Å². The van der Waals surface area contributed by atoms with Crippen molar-refractivity contribution in [1.82, 2.24) is 4.90 Å². The van der Waals surface area contributed by atoms with Crippen molar-refractivity contribution in [2.75, 3.05) is 26.3 Å². The first-order chi connectivity index (χ1) is 5.73. The molecule has 0 radical (unpaired) electrons. The first-order valence-electron chi connectivity index (χ1n) is 4.47. The van der Waals surface area contributed by atoms with Gasteiger partial charge in [0, 0.05) is 13.1 Å². The molecule has 1 atom stereocenters. The molecule has 68 valence electrons. The van der Waals surface area contributed by atoms with E-state index in [2.05, 4.69) is 17.9 Å². The van der Waals surface area contributed by atoms with Crippen LogP contribution in [0.4, 0.5) is 0 Å². The molecule has 0 aromatic carbocycles. The third kappa shape index (κ3) is 1.77. The van der Waals surface area contributed by atoms with E-state index < -0.39 is 0 Å². The van der Waals surface area contributed by atoms with Gasteiger partial charge in [-0.15, -0.1) is 0 Å². The van der Waals surface area contributed by atoms with Gasteiger partial charge in [-0.1, -0.05) is 6.92 Å². The van der Waals surface area contributed by atoms with Gasteiger partial charge >= 0.3 is 0 Å². The highest BCUT2D eigenvalue weighted by Gasteiger charge is 2.30. The van der Waals surface area contributed by atoms with E-state index in [4.69, 9.17) is 10.00 Å². The van der Waals surface area contributed by atoms with Crippen LogP contribution in [0, 0.1) is 11.3 Å². The van der Waals surface area contributed by atoms with Crippen LogP contribution in [0.15, 0.2) is 0 Å². The second-order valence-electron chi connectivity index (χ2n) is 3.34. The molecule has 1 rings (SSSR count). The summed E-state index contributed by atoms with van der Waals surface area (Å²) in [5.41, 5.74) is -0.288. The van der Waals surface area contributed by atoms with Crippen LogP contribution in [0.5, 0.6) is 0 Å². The van der Waals surface area contributed by atoms with Gasteiger partial charge in [0.25, 0.3) is 0 Å². The van der Waals surface area contributed by atoms with Crippen LogP contribution >= 0.6 is 0 Å². The zero-order valence-corrected chi connectivity index (χ0v) is 7.84. The number of nitrogens with zero attached hydrogens (tertiary/aromatic N) is 2. The first-order valence-corrected chi connectivity index (χ1v) is 4.47. The third-order valence-corrected chi connectivity index (χ3v) is 2.64. The van der Waals surface area contributed by atoms with E-state index in [1.54, 1.807) is 0 Å². The fourth-order valence-corrected chi connectivity index (χ4v) is 1.43. The van der Waals surface area contributed by atoms with Crippen LogP contribution < -0.4 is 0 Å². The van der Waals surface area contributed by atoms with E-state index in [1.165, 1.54) is 0 Å². The van der Waals surface area contributed by atoms with Crippen molar-refractivity contribution >= 4 is 0 Å². The van der Waals surface area contributed by atoms with Crippen LogP contribution in [0.2, 0.25) is 0 Å². The minimum atomic E-state index is -0.288. The monoisotopic (exact) mass is 168 g/mol. The summed E-state index contributed by atoms with van der Waals surface area (Å²) in [6, 6.07) is 2.37. The Morgan fingerprint density at radius 2 is 2.08 bits per heavy atom. The lowest BCUT2D eigenvalue weighted by atomic mass is 9.98. The number of ether oxygens (including phenoxy) is 1. The average Bonchev–Trinajstić information content (AvgIpc) is 2.18. The number of hydrogen-bond donors (Lipinski definition) is 0. The minimum absolute atomic E-state index is 0.288.